The van der Waals surface area contributed by atoms with E-state index in [1.165, 1.54) is 0 Å². The molecule has 4 nitrogen and oxygen atoms in total. The second kappa shape index (κ2) is 6.52. The Morgan fingerprint density at radius 1 is 0.700 bits per heavy atom. The van der Waals surface area contributed by atoms with Crippen LogP contribution in [-0.4, -0.2) is 15.3 Å². The van der Waals surface area contributed by atoms with Crippen molar-refractivity contribution in [2.75, 3.05) is 5.32 Å². The number of benzene rings is 2. The molecule has 0 spiro atoms. The maximum absolute atomic E-state index is 9.23. The Kier molecular flexibility index (Phi) is 4.74. The Balaban J connectivity index is 2.31. The Bertz CT molecular complexity index is 574. The zero-order chi connectivity index (χ0) is 14.5. The molecule has 0 aliphatic carbocycles. The maximum Gasteiger partial charge on any atom is 0.0682 e. The van der Waals surface area contributed by atoms with E-state index in [4.69, 9.17) is 0 Å². The van der Waals surface area contributed by atoms with Crippen LogP contribution >= 0.6 is 0 Å². The van der Waals surface area contributed by atoms with E-state index in [1.54, 1.807) is 6.07 Å². The number of aliphatic hydroxyl groups is 3. The second-order valence-electron chi connectivity index (χ2n) is 4.84. The van der Waals surface area contributed by atoms with Gasteiger partial charge in [0.25, 0.3) is 0 Å². The van der Waals surface area contributed by atoms with Gasteiger partial charge >= 0.3 is 0 Å². The van der Waals surface area contributed by atoms with E-state index in [0.717, 1.165) is 33.6 Å². The number of nitrogens with one attached hydrogen (secondary N) is 1. The van der Waals surface area contributed by atoms with Crippen LogP contribution in [0.15, 0.2) is 36.4 Å². The predicted octanol–water partition coefficient (Wildman–Crippen LogP) is 2.22. The van der Waals surface area contributed by atoms with Gasteiger partial charge in [-0.25, -0.2) is 0 Å². The number of aryl methyl sites for hydroxylation is 1. The van der Waals surface area contributed by atoms with Gasteiger partial charge in [-0.05, 0) is 53.4 Å². The molecule has 0 aromatic heterocycles. The van der Waals surface area contributed by atoms with E-state index in [1.807, 2.05) is 37.3 Å². The minimum atomic E-state index is -0.0712. The molecule has 0 bridgehead atoms. The summed E-state index contributed by atoms with van der Waals surface area (Å²) in [5.41, 5.74) is 5.05. The molecule has 2 rings (SSSR count). The number of hydrogen-bond donors (Lipinski definition) is 4. The zero-order valence-electron chi connectivity index (χ0n) is 11.4. The van der Waals surface area contributed by atoms with E-state index in [-0.39, 0.29) is 19.8 Å². The molecule has 0 atom stereocenters. The molecule has 0 unspecified atom stereocenters. The van der Waals surface area contributed by atoms with E-state index in [9.17, 15) is 15.3 Å². The minimum Gasteiger partial charge on any atom is -0.392 e. The van der Waals surface area contributed by atoms with Crippen molar-refractivity contribution < 1.29 is 15.3 Å². The summed E-state index contributed by atoms with van der Waals surface area (Å²) in [5, 5.41) is 30.9. The summed E-state index contributed by atoms with van der Waals surface area (Å²) in [7, 11) is 0. The molecule has 0 aliphatic rings. The van der Waals surface area contributed by atoms with Crippen molar-refractivity contribution in [3.8, 4) is 0 Å². The van der Waals surface area contributed by atoms with Gasteiger partial charge in [0.05, 0.1) is 19.8 Å². The summed E-state index contributed by atoms with van der Waals surface area (Å²) < 4.78 is 0. The van der Waals surface area contributed by atoms with E-state index in [2.05, 4.69) is 5.32 Å². The normalized spacial score (nSPS) is 10.6. The van der Waals surface area contributed by atoms with Crippen LogP contribution in [0.4, 0.5) is 11.4 Å². The van der Waals surface area contributed by atoms with Gasteiger partial charge in [-0.2, -0.15) is 0 Å². The van der Waals surface area contributed by atoms with Gasteiger partial charge in [0.1, 0.15) is 0 Å². The van der Waals surface area contributed by atoms with Crippen LogP contribution < -0.4 is 5.32 Å². The lowest BCUT2D eigenvalue weighted by molar-refractivity contribution is 0.275. The van der Waals surface area contributed by atoms with Crippen molar-refractivity contribution in [1.82, 2.24) is 0 Å². The summed E-state index contributed by atoms with van der Waals surface area (Å²) in [6, 6.07) is 11.2. The molecule has 0 fully saturated rings. The number of rotatable bonds is 5. The fraction of sp³-hybridized carbons (Fsp3) is 0.250. The SMILES string of the molecule is Cc1cc(CO)cc(Nc2cc(CO)cc(CO)c2)c1. The summed E-state index contributed by atoms with van der Waals surface area (Å²) >= 11 is 0. The standard InChI is InChI=1S/C16H19NO3/c1-11-2-12(8-18)5-15(3-11)17-16-6-13(9-19)4-14(7-16)10-20/h2-7,17-20H,8-10H2,1H3. The maximum atomic E-state index is 9.23. The largest absolute Gasteiger partial charge is 0.392 e. The van der Waals surface area contributed by atoms with Crippen LogP contribution in [0.5, 0.6) is 0 Å². The van der Waals surface area contributed by atoms with Gasteiger partial charge < -0.3 is 20.6 Å². The fourth-order valence-electron chi connectivity index (χ4n) is 2.21. The van der Waals surface area contributed by atoms with Crippen LogP contribution in [0.2, 0.25) is 0 Å². The Morgan fingerprint density at radius 2 is 1.15 bits per heavy atom. The predicted molar refractivity (Wildman–Crippen MR) is 78.7 cm³/mol. The van der Waals surface area contributed by atoms with Gasteiger partial charge in [-0.15, -0.1) is 0 Å². The lowest BCUT2D eigenvalue weighted by atomic mass is 10.1. The smallest absolute Gasteiger partial charge is 0.0682 e. The van der Waals surface area contributed by atoms with Crippen LogP contribution in [0.25, 0.3) is 0 Å². The van der Waals surface area contributed by atoms with Crippen molar-refractivity contribution in [3.63, 3.8) is 0 Å². The molecule has 2 aromatic rings. The molecule has 106 valence electrons. The highest BCUT2D eigenvalue weighted by Gasteiger charge is 2.03. The second-order valence-corrected chi connectivity index (χ2v) is 4.84. The molecule has 4 N–H and O–H groups in total. The zero-order valence-corrected chi connectivity index (χ0v) is 11.4. The third-order valence-corrected chi connectivity index (χ3v) is 3.03. The number of aliphatic hydroxyl groups excluding tert-OH is 3. The van der Waals surface area contributed by atoms with Crippen molar-refractivity contribution >= 4 is 11.4 Å². The monoisotopic (exact) mass is 273 g/mol. The Hall–Kier alpha value is -1.88. The Labute approximate surface area is 118 Å². The molecule has 0 saturated carbocycles. The molecule has 0 heterocycles. The van der Waals surface area contributed by atoms with E-state index < -0.39 is 0 Å². The van der Waals surface area contributed by atoms with Crippen LogP contribution in [0.1, 0.15) is 22.3 Å². The number of hydrogen-bond acceptors (Lipinski definition) is 4. The lowest BCUT2D eigenvalue weighted by Crippen LogP contribution is -1.97. The average molecular weight is 273 g/mol. The molecule has 4 heteroatoms. The van der Waals surface area contributed by atoms with Crippen molar-refractivity contribution in [2.24, 2.45) is 0 Å². The highest BCUT2D eigenvalue weighted by atomic mass is 16.3. The first-order valence-electron chi connectivity index (χ1n) is 6.47. The third-order valence-electron chi connectivity index (χ3n) is 3.03. The molecule has 0 aliphatic heterocycles. The van der Waals surface area contributed by atoms with Gasteiger partial charge in [-0.1, -0.05) is 12.1 Å². The first-order chi connectivity index (χ1) is 9.64. The molecule has 0 amide bonds. The molecule has 0 radical (unpaired) electrons. The number of anilines is 2. The van der Waals surface area contributed by atoms with Crippen LogP contribution in [0, 0.1) is 6.92 Å². The minimum absolute atomic E-state index is 0.00503. The molecule has 2 aromatic carbocycles. The topological polar surface area (TPSA) is 72.7 Å². The lowest BCUT2D eigenvalue weighted by Gasteiger charge is -2.12. The van der Waals surface area contributed by atoms with Gasteiger partial charge in [-0.3, -0.25) is 0 Å². The van der Waals surface area contributed by atoms with Crippen molar-refractivity contribution in [2.45, 2.75) is 26.7 Å². The molecule has 0 saturated heterocycles. The first-order valence-corrected chi connectivity index (χ1v) is 6.47. The van der Waals surface area contributed by atoms with Crippen LogP contribution in [-0.2, 0) is 19.8 Å². The average Bonchev–Trinajstić information content (AvgIpc) is 2.46. The first kappa shape index (κ1) is 14.5. The van der Waals surface area contributed by atoms with E-state index in [0.29, 0.717) is 0 Å². The molecule has 20 heavy (non-hydrogen) atoms. The van der Waals surface area contributed by atoms with Crippen molar-refractivity contribution in [3.05, 3.63) is 58.7 Å². The highest BCUT2D eigenvalue weighted by Crippen LogP contribution is 2.22. The van der Waals surface area contributed by atoms with E-state index >= 15 is 0 Å². The van der Waals surface area contributed by atoms with Crippen LogP contribution in [0.3, 0.4) is 0 Å². The fourth-order valence-corrected chi connectivity index (χ4v) is 2.21. The summed E-state index contributed by atoms with van der Waals surface area (Å²) in [4.78, 5) is 0. The van der Waals surface area contributed by atoms with Gasteiger partial charge in [0, 0.05) is 11.4 Å². The quantitative estimate of drug-likeness (QED) is 0.674. The summed E-state index contributed by atoms with van der Waals surface area (Å²) in [6.45, 7) is 1.82. The summed E-state index contributed by atoms with van der Waals surface area (Å²) in [6.07, 6.45) is 0. The molecular formula is C16H19NO3. The van der Waals surface area contributed by atoms with Gasteiger partial charge in [0.2, 0.25) is 0 Å². The molecular weight excluding hydrogens is 254 g/mol. The summed E-state index contributed by atoms with van der Waals surface area (Å²) in [5.74, 6) is 0. The van der Waals surface area contributed by atoms with Gasteiger partial charge in [0.15, 0.2) is 0 Å². The van der Waals surface area contributed by atoms with Crippen molar-refractivity contribution in [1.29, 1.82) is 0 Å². The third kappa shape index (κ3) is 3.57. The highest BCUT2D eigenvalue weighted by molar-refractivity contribution is 5.62. The Morgan fingerprint density at radius 3 is 1.65 bits per heavy atom.